The Bertz CT molecular complexity index is 936. The lowest BCUT2D eigenvalue weighted by Crippen LogP contribution is -2.21. The summed E-state index contributed by atoms with van der Waals surface area (Å²) in [5.74, 6) is 1.31. The van der Waals surface area contributed by atoms with Crippen LogP contribution in [0.1, 0.15) is 40.9 Å². The van der Waals surface area contributed by atoms with Crippen LogP contribution in [0.2, 0.25) is 0 Å². The molecule has 1 saturated heterocycles. The van der Waals surface area contributed by atoms with Gasteiger partial charge in [0, 0.05) is 19.0 Å². The molecular formula is C20H21N3O3. The van der Waals surface area contributed by atoms with E-state index in [1.165, 1.54) is 11.9 Å². The molecular weight excluding hydrogens is 330 g/mol. The molecule has 0 spiro atoms. The van der Waals surface area contributed by atoms with Gasteiger partial charge < -0.3 is 14.1 Å². The van der Waals surface area contributed by atoms with Gasteiger partial charge in [0.15, 0.2) is 0 Å². The largest absolute Gasteiger partial charge is 0.462 e. The molecule has 1 fully saturated rings. The minimum atomic E-state index is -0.390. The van der Waals surface area contributed by atoms with Gasteiger partial charge in [0.2, 0.25) is 5.71 Å². The number of hydrogen-bond acceptors (Lipinski definition) is 6. The summed E-state index contributed by atoms with van der Waals surface area (Å²) in [6.07, 6.45) is 2.53. The maximum atomic E-state index is 12.4. The van der Waals surface area contributed by atoms with Gasteiger partial charge in [-0.15, -0.1) is 0 Å². The molecule has 6 heteroatoms. The normalized spacial score (nSPS) is 17.0. The predicted octanol–water partition coefficient (Wildman–Crippen LogP) is 3.70. The fraction of sp³-hybridized carbons (Fsp3) is 0.350. The first-order valence-electron chi connectivity index (χ1n) is 8.90. The summed E-state index contributed by atoms with van der Waals surface area (Å²) in [4.78, 5) is 23.3. The molecule has 0 amide bonds. The van der Waals surface area contributed by atoms with Gasteiger partial charge in [-0.2, -0.15) is 0 Å². The topological polar surface area (TPSA) is 68.5 Å². The Morgan fingerprint density at radius 3 is 2.88 bits per heavy atom. The van der Waals surface area contributed by atoms with Crippen molar-refractivity contribution in [2.75, 3.05) is 24.6 Å². The van der Waals surface area contributed by atoms with Crippen molar-refractivity contribution < 1.29 is 13.9 Å². The molecule has 0 N–H and O–H groups in total. The first kappa shape index (κ1) is 16.6. The monoisotopic (exact) mass is 351 g/mol. The summed E-state index contributed by atoms with van der Waals surface area (Å²) in [7, 11) is 0. The number of rotatable bonds is 4. The fourth-order valence-corrected chi connectivity index (χ4v) is 3.67. The molecule has 2 aromatic heterocycles. The van der Waals surface area contributed by atoms with Crippen LogP contribution >= 0.6 is 0 Å². The van der Waals surface area contributed by atoms with Gasteiger partial charge in [-0.25, -0.2) is 14.8 Å². The molecule has 1 atom stereocenters. The summed E-state index contributed by atoms with van der Waals surface area (Å²) in [5, 5.41) is 0.650. The summed E-state index contributed by atoms with van der Waals surface area (Å²) >= 11 is 0. The van der Waals surface area contributed by atoms with Crippen LogP contribution in [0.25, 0.3) is 11.1 Å². The SMILES string of the molecule is CCOC(=O)c1c(C)oc2ncnc(N3CC[C@H](c4ccccc4)C3)c12. The van der Waals surface area contributed by atoms with E-state index in [0.29, 0.717) is 34.9 Å². The molecule has 0 unspecified atom stereocenters. The first-order chi connectivity index (χ1) is 12.7. The van der Waals surface area contributed by atoms with Gasteiger partial charge in [-0.1, -0.05) is 30.3 Å². The van der Waals surface area contributed by atoms with Crippen molar-refractivity contribution in [3.8, 4) is 0 Å². The van der Waals surface area contributed by atoms with Crippen molar-refractivity contribution in [2.24, 2.45) is 0 Å². The molecule has 0 bridgehead atoms. The first-order valence-corrected chi connectivity index (χ1v) is 8.90. The van der Waals surface area contributed by atoms with E-state index in [1.807, 2.05) is 6.07 Å². The number of aryl methyl sites for hydroxylation is 1. The highest BCUT2D eigenvalue weighted by Crippen LogP contribution is 2.36. The molecule has 26 heavy (non-hydrogen) atoms. The molecule has 3 heterocycles. The molecule has 0 saturated carbocycles. The zero-order valence-electron chi connectivity index (χ0n) is 14.9. The maximum absolute atomic E-state index is 12.4. The molecule has 3 aromatic rings. The molecule has 0 radical (unpaired) electrons. The highest BCUT2D eigenvalue weighted by Gasteiger charge is 2.30. The van der Waals surface area contributed by atoms with Gasteiger partial charge in [-0.05, 0) is 25.8 Å². The maximum Gasteiger partial charge on any atom is 0.342 e. The molecule has 6 nitrogen and oxygen atoms in total. The Morgan fingerprint density at radius 1 is 1.31 bits per heavy atom. The number of carbonyl (C=O) groups excluding carboxylic acids is 1. The quantitative estimate of drug-likeness (QED) is 0.668. The van der Waals surface area contributed by atoms with Gasteiger partial charge >= 0.3 is 5.97 Å². The molecule has 1 aromatic carbocycles. The lowest BCUT2D eigenvalue weighted by Gasteiger charge is -2.18. The minimum absolute atomic E-state index is 0.313. The fourth-order valence-electron chi connectivity index (χ4n) is 3.67. The molecule has 134 valence electrons. The Labute approximate surface area is 151 Å². The van der Waals surface area contributed by atoms with E-state index in [0.717, 1.165) is 25.3 Å². The van der Waals surface area contributed by atoms with E-state index in [9.17, 15) is 4.79 Å². The van der Waals surface area contributed by atoms with E-state index in [-0.39, 0.29) is 0 Å². The Kier molecular flexibility index (Phi) is 4.32. The predicted molar refractivity (Wildman–Crippen MR) is 98.5 cm³/mol. The third-order valence-electron chi connectivity index (χ3n) is 4.88. The Balaban J connectivity index is 1.72. The lowest BCUT2D eigenvalue weighted by molar-refractivity contribution is 0.0526. The second kappa shape index (κ2) is 6.78. The zero-order valence-corrected chi connectivity index (χ0v) is 14.9. The van der Waals surface area contributed by atoms with Crippen LogP contribution in [0.4, 0.5) is 5.82 Å². The van der Waals surface area contributed by atoms with Crippen LogP contribution in [0.3, 0.4) is 0 Å². The van der Waals surface area contributed by atoms with Crippen LogP contribution < -0.4 is 4.90 Å². The Morgan fingerprint density at radius 2 is 2.12 bits per heavy atom. The highest BCUT2D eigenvalue weighted by atomic mass is 16.5. The smallest absolute Gasteiger partial charge is 0.342 e. The standard InChI is InChI=1S/C20H21N3O3/c1-3-25-20(24)16-13(2)26-19-17(16)18(21-12-22-19)23-10-9-15(11-23)14-7-5-4-6-8-14/h4-8,12,15H,3,9-11H2,1-2H3/t15-/m0/s1. The van der Waals surface area contributed by atoms with E-state index in [1.54, 1.807) is 13.8 Å². The summed E-state index contributed by atoms with van der Waals surface area (Å²) < 4.78 is 10.9. The molecule has 1 aliphatic heterocycles. The van der Waals surface area contributed by atoms with Crippen LogP contribution in [0.5, 0.6) is 0 Å². The van der Waals surface area contributed by atoms with Gasteiger partial charge in [0.25, 0.3) is 0 Å². The van der Waals surface area contributed by atoms with Crippen molar-refractivity contribution in [3.63, 3.8) is 0 Å². The van der Waals surface area contributed by atoms with Crippen molar-refractivity contribution in [2.45, 2.75) is 26.2 Å². The van der Waals surface area contributed by atoms with Crippen LogP contribution in [-0.4, -0.2) is 35.6 Å². The number of furan rings is 1. The van der Waals surface area contributed by atoms with Crippen LogP contribution in [-0.2, 0) is 4.74 Å². The van der Waals surface area contributed by atoms with E-state index < -0.39 is 5.97 Å². The number of nitrogens with zero attached hydrogens (tertiary/aromatic N) is 3. The van der Waals surface area contributed by atoms with Crippen molar-refractivity contribution in [1.29, 1.82) is 0 Å². The van der Waals surface area contributed by atoms with E-state index in [2.05, 4.69) is 39.1 Å². The molecule has 4 rings (SSSR count). The summed E-state index contributed by atoms with van der Waals surface area (Å²) in [6.45, 7) is 5.58. The number of anilines is 1. The third-order valence-corrected chi connectivity index (χ3v) is 4.88. The average Bonchev–Trinajstić information content (AvgIpc) is 3.26. The number of carbonyl (C=O) groups is 1. The van der Waals surface area contributed by atoms with Gasteiger partial charge in [-0.3, -0.25) is 0 Å². The van der Waals surface area contributed by atoms with E-state index >= 15 is 0 Å². The van der Waals surface area contributed by atoms with E-state index in [4.69, 9.17) is 9.15 Å². The lowest BCUT2D eigenvalue weighted by atomic mass is 9.99. The highest BCUT2D eigenvalue weighted by molar-refractivity contribution is 6.07. The number of hydrogen-bond donors (Lipinski definition) is 0. The third kappa shape index (κ3) is 2.81. The second-order valence-electron chi connectivity index (χ2n) is 6.47. The van der Waals surface area contributed by atoms with Gasteiger partial charge in [0.1, 0.15) is 23.5 Å². The van der Waals surface area contributed by atoms with Crippen LogP contribution in [0.15, 0.2) is 41.1 Å². The van der Waals surface area contributed by atoms with Crippen molar-refractivity contribution in [3.05, 3.63) is 53.5 Å². The Hall–Kier alpha value is -2.89. The number of ether oxygens (including phenoxy) is 1. The number of aromatic nitrogens is 2. The van der Waals surface area contributed by atoms with Crippen molar-refractivity contribution in [1.82, 2.24) is 9.97 Å². The van der Waals surface area contributed by atoms with Crippen molar-refractivity contribution >= 4 is 22.9 Å². The number of benzene rings is 1. The zero-order chi connectivity index (χ0) is 18.1. The minimum Gasteiger partial charge on any atom is -0.462 e. The van der Waals surface area contributed by atoms with Crippen LogP contribution in [0, 0.1) is 6.92 Å². The molecule has 0 aliphatic carbocycles. The second-order valence-corrected chi connectivity index (χ2v) is 6.47. The molecule has 1 aliphatic rings. The average molecular weight is 351 g/mol. The summed E-state index contributed by atoms with van der Waals surface area (Å²) in [5.41, 5.74) is 2.19. The number of fused-ring (bicyclic) bond motifs is 1. The van der Waals surface area contributed by atoms with Gasteiger partial charge in [0.05, 0.1) is 12.0 Å². The number of esters is 1. The summed E-state index contributed by atoms with van der Waals surface area (Å²) in [6, 6.07) is 10.5.